The summed E-state index contributed by atoms with van der Waals surface area (Å²) in [5, 5.41) is 11.6. The van der Waals surface area contributed by atoms with E-state index in [9.17, 15) is 47.9 Å². The molecule has 0 amide bonds. The van der Waals surface area contributed by atoms with Gasteiger partial charge in [0.15, 0.2) is 0 Å². The summed E-state index contributed by atoms with van der Waals surface area (Å²) in [6.45, 7) is 0. The predicted molar refractivity (Wildman–Crippen MR) is 195 cm³/mol. The Morgan fingerprint density at radius 3 is 0.712 bits per heavy atom. The van der Waals surface area contributed by atoms with Gasteiger partial charge in [-0.3, -0.25) is 43.2 Å². The molecule has 0 aliphatic carbocycles. The Labute approximate surface area is 335 Å². The van der Waals surface area contributed by atoms with Gasteiger partial charge < -0.3 is 21.2 Å². The Hall–Kier alpha value is -3.02. The van der Waals surface area contributed by atoms with Gasteiger partial charge in [0.1, 0.15) is 0 Å². The largest absolute Gasteiger partial charge is 0.481 e. The minimum atomic E-state index is -1.27. The van der Waals surface area contributed by atoms with Crippen LogP contribution in [-0.4, -0.2) is 75.0 Å². The number of hydrogen-bond acceptors (Lipinski definition) is 10. The summed E-state index contributed by atoms with van der Waals surface area (Å²) < 4.78 is 0. The molecule has 52 heavy (non-hydrogen) atoms. The summed E-state index contributed by atoms with van der Waals surface area (Å²) >= 11 is 41.0. The van der Waals surface area contributed by atoms with Crippen LogP contribution in [0, 0.1) is 0 Å². The van der Waals surface area contributed by atoms with Crippen LogP contribution in [-0.2, 0) is 19.2 Å². The first-order chi connectivity index (χ1) is 23.1. The van der Waals surface area contributed by atoms with E-state index in [1.54, 1.807) is 0 Å². The standard InChI is InChI=1S/C9H3Cl3O3.C9H4Cl2O4.C6H8Cl2O2.C6H9ClO3.2H2O/c10-7(13)4-1-5(8(11)14)3-6(2-4)9(12)15;10-7(12)4-1-5(8(11)13)3-6(2-4)9(14)15;7-5(9)3-1-2-4-6(8)10;7-5(8)3-1-2-4-6(9)10;;/h1-3H;1-3H,(H,14,15);1-4H2;1-4H2,(H,9,10);2*1H2. The molecule has 0 radical (unpaired) electrons. The number of hydrogen-bond donors (Lipinski definition) is 2. The first-order valence-electron chi connectivity index (χ1n) is 13.4. The average Bonchev–Trinajstić information content (AvgIpc) is 3.01. The molecule has 0 fully saturated rings. The van der Waals surface area contributed by atoms with E-state index >= 15 is 0 Å². The SMILES string of the molecule is O.O.O=C(Cl)CCCCC(=O)Cl.O=C(Cl)c1cc(C(=O)Cl)cc(C(=O)Cl)c1.O=C(O)CCCCC(=O)Cl.O=C(O)c1cc(C(=O)Cl)cc(C(=O)Cl)c1. The van der Waals surface area contributed by atoms with Crippen LogP contribution < -0.4 is 0 Å². The fourth-order valence-corrected chi connectivity index (χ4v) is 3.96. The fraction of sp³-hybridized carbons (Fsp3) is 0.267. The fourth-order valence-electron chi connectivity index (χ4n) is 3.01. The van der Waals surface area contributed by atoms with Gasteiger partial charge in [0.25, 0.3) is 26.2 Å². The van der Waals surface area contributed by atoms with Crippen molar-refractivity contribution < 1.29 is 69.1 Å². The summed E-state index contributed by atoms with van der Waals surface area (Å²) in [7, 11) is 0. The lowest BCUT2D eigenvalue weighted by molar-refractivity contribution is -0.137. The van der Waals surface area contributed by atoms with Crippen molar-refractivity contribution in [2.24, 2.45) is 0 Å². The van der Waals surface area contributed by atoms with Crippen LogP contribution in [0.2, 0.25) is 0 Å². The molecule has 0 aliphatic rings. The van der Waals surface area contributed by atoms with Gasteiger partial charge in [0.05, 0.1) is 5.56 Å². The van der Waals surface area contributed by atoms with E-state index in [0.717, 1.165) is 18.2 Å². The summed E-state index contributed by atoms with van der Waals surface area (Å²) in [4.78, 5) is 105. The molecule has 0 aliphatic heterocycles. The van der Waals surface area contributed by atoms with Crippen LogP contribution in [0.4, 0.5) is 0 Å². The van der Waals surface area contributed by atoms with Gasteiger partial charge in [-0.2, -0.15) is 0 Å². The third-order valence-electron chi connectivity index (χ3n) is 5.26. The predicted octanol–water partition coefficient (Wildman–Crippen LogP) is 6.79. The Morgan fingerprint density at radius 2 is 0.558 bits per heavy atom. The molecule has 0 heterocycles. The van der Waals surface area contributed by atoms with Crippen LogP contribution in [0.1, 0.15) is 114 Å². The van der Waals surface area contributed by atoms with Crippen molar-refractivity contribution in [2.45, 2.75) is 51.4 Å². The zero-order valence-electron chi connectivity index (χ0n) is 26.1. The maximum atomic E-state index is 10.9. The number of halogens is 8. The molecule has 14 nitrogen and oxygen atoms in total. The lowest BCUT2D eigenvalue weighted by atomic mass is 10.1. The highest BCUT2D eigenvalue weighted by molar-refractivity contribution is 6.71. The van der Waals surface area contributed by atoms with Gasteiger partial charge in [-0.05, 0) is 155 Å². The van der Waals surface area contributed by atoms with Crippen LogP contribution >= 0.6 is 92.8 Å². The summed E-state index contributed by atoms with van der Waals surface area (Å²) in [5.74, 6) is -2.10. The number of carboxylic acids is 2. The Morgan fingerprint density at radius 1 is 0.365 bits per heavy atom. The van der Waals surface area contributed by atoms with Crippen molar-refractivity contribution in [1.29, 1.82) is 0 Å². The first-order valence-corrected chi connectivity index (χ1v) is 16.4. The highest BCUT2D eigenvalue weighted by atomic mass is 35.5. The molecule has 2 rings (SSSR count). The van der Waals surface area contributed by atoms with E-state index in [1.165, 1.54) is 18.2 Å². The molecule has 0 unspecified atom stereocenters. The minimum Gasteiger partial charge on any atom is -0.481 e. The Bertz CT molecular complexity index is 1300. The molecule has 0 saturated heterocycles. The molecule has 0 saturated carbocycles. The second kappa shape index (κ2) is 30.4. The Kier molecular flexibility index (Phi) is 32.6. The van der Waals surface area contributed by atoms with Gasteiger partial charge in [-0.25, -0.2) is 4.79 Å². The van der Waals surface area contributed by atoms with Gasteiger partial charge in [-0.15, -0.1) is 0 Å². The van der Waals surface area contributed by atoms with E-state index in [-0.39, 0.29) is 67.7 Å². The first kappa shape index (κ1) is 55.7. The molecule has 0 aromatic heterocycles. The molecule has 0 spiro atoms. The zero-order valence-corrected chi connectivity index (χ0v) is 32.2. The highest BCUT2D eigenvalue weighted by Gasteiger charge is 2.14. The van der Waals surface area contributed by atoms with Gasteiger partial charge in [-0.1, -0.05) is 0 Å². The third kappa shape index (κ3) is 28.6. The maximum absolute atomic E-state index is 10.9. The van der Waals surface area contributed by atoms with Gasteiger partial charge >= 0.3 is 11.9 Å². The van der Waals surface area contributed by atoms with E-state index in [1.807, 2.05) is 0 Å². The normalized spacial score (nSPS) is 9.23. The molecule has 0 bridgehead atoms. The van der Waals surface area contributed by atoms with Crippen molar-refractivity contribution in [1.82, 2.24) is 0 Å². The number of aromatic carboxylic acids is 1. The molecule has 2 aromatic carbocycles. The quantitative estimate of drug-likeness (QED) is 0.130. The minimum absolute atomic E-state index is 0. The van der Waals surface area contributed by atoms with E-state index in [4.69, 9.17) is 103 Å². The number of aliphatic carboxylic acids is 1. The number of carbonyl (C=O) groups is 10. The number of benzene rings is 2. The van der Waals surface area contributed by atoms with Gasteiger partial charge in [0, 0.05) is 53.5 Å². The Balaban J connectivity index is -0.000000297. The topological polar surface area (TPSA) is 274 Å². The summed E-state index contributed by atoms with van der Waals surface area (Å²) in [6.07, 6.45) is 3.40. The number of carbonyl (C=O) groups excluding carboxylic acids is 8. The number of carboxylic acid groups (broad SMARTS) is 2. The van der Waals surface area contributed by atoms with Crippen LogP contribution in [0.25, 0.3) is 0 Å². The summed E-state index contributed by atoms with van der Waals surface area (Å²) in [5.41, 5.74) is -0.405. The zero-order chi connectivity index (χ0) is 39.1. The number of rotatable bonds is 16. The van der Waals surface area contributed by atoms with Crippen molar-refractivity contribution >= 4 is 147 Å². The monoisotopic (exact) mass is 892 g/mol. The molecular weight excluding hydrogens is 868 g/mol. The second-order valence-electron chi connectivity index (χ2n) is 9.15. The van der Waals surface area contributed by atoms with Crippen molar-refractivity contribution in [3.05, 3.63) is 69.8 Å². The molecule has 2 aromatic rings. The van der Waals surface area contributed by atoms with Gasteiger partial charge in [0.2, 0.25) is 15.7 Å². The molecule has 22 heteroatoms. The molecule has 6 N–H and O–H groups in total. The van der Waals surface area contributed by atoms with Crippen LogP contribution in [0.15, 0.2) is 36.4 Å². The lowest BCUT2D eigenvalue weighted by Gasteiger charge is -2.00. The smallest absolute Gasteiger partial charge is 0.335 e. The second-order valence-corrected chi connectivity index (χ2v) is 12.1. The lowest BCUT2D eigenvalue weighted by Crippen LogP contribution is -2.03. The maximum Gasteiger partial charge on any atom is 0.335 e. The average molecular weight is 896 g/mol. The van der Waals surface area contributed by atoms with E-state index < -0.39 is 43.4 Å². The van der Waals surface area contributed by atoms with Crippen molar-refractivity contribution in [3.63, 3.8) is 0 Å². The third-order valence-corrected chi connectivity index (χ3v) is 6.92. The van der Waals surface area contributed by atoms with E-state index in [2.05, 4.69) is 0 Å². The highest BCUT2D eigenvalue weighted by Crippen LogP contribution is 2.17. The molecular formula is C30H28Cl8O14. The molecule has 288 valence electrons. The summed E-state index contributed by atoms with van der Waals surface area (Å²) in [6, 6.07) is 6.84. The van der Waals surface area contributed by atoms with E-state index in [0.29, 0.717) is 38.5 Å². The van der Waals surface area contributed by atoms with Crippen LogP contribution in [0.5, 0.6) is 0 Å². The van der Waals surface area contributed by atoms with Crippen LogP contribution in [0.3, 0.4) is 0 Å². The van der Waals surface area contributed by atoms with Crippen molar-refractivity contribution in [3.8, 4) is 0 Å². The molecule has 0 atom stereocenters. The number of unbranched alkanes of at least 4 members (excludes halogenated alkanes) is 2. The van der Waals surface area contributed by atoms with Crippen molar-refractivity contribution in [2.75, 3.05) is 0 Å².